The second kappa shape index (κ2) is 7.38. The molecule has 4 nitrogen and oxygen atoms in total. The number of benzene rings is 1. The Kier molecular flexibility index (Phi) is 5.52. The molecule has 1 aromatic carbocycles. The predicted octanol–water partition coefficient (Wildman–Crippen LogP) is 2.27. The smallest absolute Gasteiger partial charge is 0.221 e. The van der Waals surface area contributed by atoms with Crippen molar-refractivity contribution in [2.24, 2.45) is 0 Å². The van der Waals surface area contributed by atoms with Crippen LogP contribution in [0.4, 0.5) is 0 Å². The molecule has 0 saturated carbocycles. The van der Waals surface area contributed by atoms with Gasteiger partial charge in [-0.3, -0.25) is 4.79 Å². The van der Waals surface area contributed by atoms with Crippen LogP contribution in [0.3, 0.4) is 0 Å². The fraction of sp³-hybridized carbons (Fsp3) is 0.267. The Balaban J connectivity index is 1.76. The van der Waals surface area contributed by atoms with Crippen molar-refractivity contribution in [1.29, 1.82) is 0 Å². The van der Waals surface area contributed by atoms with Crippen molar-refractivity contribution in [3.63, 3.8) is 0 Å². The zero-order valence-electron chi connectivity index (χ0n) is 11.5. The second-order valence-corrected chi connectivity index (χ2v) is 7.50. The molecule has 0 saturated heterocycles. The molecule has 0 radical (unpaired) electrons. The number of carbonyl (C=O) groups excluding carboxylic acids is 1. The van der Waals surface area contributed by atoms with Crippen molar-refractivity contribution < 1.29 is 13.2 Å². The summed E-state index contributed by atoms with van der Waals surface area (Å²) in [5.41, 5.74) is 1.18. The molecular weight excluding hydrogens is 306 g/mol. The summed E-state index contributed by atoms with van der Waals surface area (Å²) >= 11 is 1.62. The van der Waals surface area contributed by atoms with Crippen molar-refractivity contribution in [3.8, 4) is 0 Å². The lowest BCUT2D eigenvalue weighted by Gasteiger charge is -2.06. The molecule has 2 aromatic rings. The Labute approximate surface area is 128 Å². The average Bonchev–Trinajstić information content (AvgIpc) is 2.99. The first-order chi connectivity index (χ1) is 10.1. The molecule has 0 unspecified atom stereocenters. The molecule has 0 atom stereocenters. The number of nitrogens with one attached hydrogen (secondary N) is 1. The lowest BCUT2D eigenvalue weighted by Crippen LogP contribution is -2.27. The van der Waals surface area contributed by atoms with Crippen LogP contribution in [0.2, 0.25) is 0 Å². The summed E-state index contributed by atoms with van der Waals surface area (Å²) in [5.74, 6) is -0.397. The topological polar surface area (TPSA) is 63.2 Å². The average molecular weight is 323 g/mol. The van der Waals surface area contributed by atoms with Gasteiger partial charge in [0.15, 0.2) is 9.84 Å². The predicted molar refractivity (Wildman–Crippen MR) is 84.1 cm³/mol. The number of amides is 1. The van der Waals surface area contributed by atoms with Crippen LogP contribution in [0.1, 0.15) is 12.0 Å². The van der Waals surface area contributed by atoms with Crippen LogP contribution in [0, 0.1) is 0 Å². The minimum atomic E-state index is -3.38. The van der Waals surface area contributed by atoms with Crippen LogP contribution >= 0.6 is 11.3 Å². The number of thiophene rings is 1. The molecule has 1 aromatic heterocycles. The van der Waals surface area contributed by atoms with E-state index in [1.54, 1.807) is 41.7 Å². The standard InChI is InChI=1S/C15H17NO3S2/c17-15(16-9-6-13-7-10-20-12-13)8-11-21(18,19)14-4-2-1-3-5-14/h1-5,7,10,12H,6,8-9,11H2,(H,16,17). The van der Waals surface area contributed by atoms with E-state index in [2.05, 4.69) is 5.32 Å². The van der Waals surface area contributed by atoms with Gasteiger partial charge < -0.3 is 5.32 Å². The molecule has 1 N–H and O–H groups in total. The van der Waals surface area contributed by atoms with E-state index in [0.717, 1.165) is 6.42 Å². The maximum atomic E-state index is 12.0. The molecule has 0 bridgehead atoms. The molecule has 0 fully saturated rings. The van der Waals surface area contributed by atoms with E-state index in [1.165, 1.54) is 5.56 Å². The van der Waals surface area contributed by atoms with Gasteiger partial charge in [0, 0.05) is 13.0 Å². The quantitative estimate of drug-likeness (QED) is 0.850. The molecule has 0 aliphatic rings. The van der Waals surface area contributed by atoms with Crippen LogP contribution in [0.5, 0.6) is 0 Å². The normalized spacial score (nSPS) is 11.2. The highest BCUT2D eigenvalue weighted by atomic mass is 32.2. The van der Waals surface area contributed by atoms with E-state index < -0.39 is 9.84 Å². The van der Waals surface area contributed by atoms with Crippen LogP contribution in [0.25, 0.3) is 0 Å². The Morgan fingerprint density at radius 2 is 1.90 bits per heavy atom. The number of hydrogen-bond acceptors (Lipinski definition) is 4. The minimum Gasteiger partial charge on any atom is -0.356 e. The maximum Gasteiger partial charge on any atom is 0.221 e. The highest BCUT2D eigenvalue weighted by Gasteiger charge is 2.15. The maximum absolute atomic E-state index is 12.0. The molecule has 21 heavy (non-hydrogen) atoms. The second-order valence-electron chi connectivity index (χ2n) is 4.61. The molecule has 0 spiro atoms. The van der Waals surface area contributed by atoms with Crippen LogP contribution in [-0.4, -0.2) is 26.6 Å². The molecule has 1 heterocycles. The zero-order valence-corrected chi connectivity index (χ0v) is 13.1. The Morgan fingerprint density at radius 1 is 1.14 bits per heavy atom. The molecule has 6 heteroatoms. The first-order valence-electron chi connectivity index (χ1n) is 6.63. The molecule has 0 aliphatic heterocycles. The number of carbonyl (C=O) groups is 1. The summed E-state index contributed by atoms with van der Waals surface area (Å²) in [6.07, 6.45) is 0.752. The van der Waals surface area contributed by atoms with Crippen LogP contribution in [0.15, 0.2) is 52.1 Å². The number of rotatable bonds is 7. The fourth-order valence-corrected chi connectivity index (χ4v) is 3.81. The van der Waals surface area contributed by atoms with Crippen molar-refractivity contribution >= 4 is 27.1 Å². The summed E-state index contributed by atoms with van der Waals surface area (Å²) in [6, 6.07) is 10.2. The van der Waals surface area contributed by atoms with Gasteiger partial charge in [-0.05, 0) is 40.9 Å². The lowest BCUT2D eigenvalue weighted by atomic mass is 10.2. The monoisotopic (exact) mass is 323 g/mol. The SMILES string of the molecule is O=C(CCS(=O)(=O)c1ccccc1)NCCc1ccsc1. The van der Waals surface area contributed by atoms with E-state index in [9.17, 15) is 13.2 Å². The van der Waals surface area contributed by atoms with Crippen LogP contribution < -0.4 is 5.32 Å². The first kappa shape index (κ1) is 15.7. The van der Waals surface area contributed by atoms with Gasteiger partial charge in [-0.15, -0.1) is 0 Å². The Hall–Kier alpha value is -1.66. The summed E-state index contributed by atoms with van der Waals surface area (Å²) < 4.78 is 24.0. The van der Waals surface area contributed by atoms with Crippen LogP contribution in [-0.2, 0) is 21.1 Å². The molecule has 112 valence electrons. The van der Waals surface area contributed by atoms with Gasteiger partial charge in [-0.25, -0.2) is 8.42 Å². The van der Waals surface area contributed by atoms with E-state index in [0.29, 0.717) is 6.54 Å². The Bertz CT molecular complexity index is 664. The first-order valence-corrected chi connectivity index (χ1v) is 9.23. The van der Waals surface area contributed by atoms with E-state index in [-0.39, 0.29) is 23.0 Å². The number of sulfone groups is 1. The third kappa shape index (κ3) is 4.99. The van der Waals surface area contributed by atoms with Crippen molar-refractivity contribution in [3.05, 3.63) is 52.7 Å². The highest BCUT2D eigenvalue weighted by molar-refractivity contribution is 7.91. The Morgan fingerprint density at radius 3 is 2.57 bits per heavy atom. The minimum absolute atomic E-state index is 0.0130. The summed E-state index contributed by atoms with van der Waals surface area (Å²) in [7, 11) is -3.38. The van der Waals surface area contributed by atoms with Gasteiger partial charge in [-0.2, -0.15) is 11.3 Å². The zero-order chi connectivity index (χ0) is 15.1. The van der Waals surface area contributed by atoms with E-state index in [1.807, 2.05) is 16.8 Å². The third-order valence-electron chi connectivity index (χ3n) is 3.02. The molecule has 2 rings (SSSR count). The van der Waals surface area contributed by atoms with Gasteiger partial charge in [0.05, 0.1) is 10.6 Å². The number of hydrogen-bond donors (Lipinski definition) is 1. The summed E-state index contributed by atoms with van der Waals surface area (Å²) in [5, 5.41) is 6.77. The molecule has 1 amide bonds. The molecule has 0 aliphatic carbocycles. The van der Waals surface area contributed by atoms with Gasteiger partial charge >= 0.3 is 0 Å². The lowest BCUT2D eigenvalue weighted by molar-refractivity contribution is -0.120. The fourth-order valence-electron chi connectivity index (χ4n) is 1.84. The van der Waals surface area contributed by atoms with Crippen molar-refractivity contribution in [2.75, 3.05) is 12.3 Å². The van der Waals surface area contributed by atoms with Gasteiger partial charge in [0.25, 0.3) is 0 Å². The van der Waals surface area contributed by atoms with Gasteiger partial charge in [0.2, 0.25) is 5.91 Å². The van der Waals surface area contributed by atoms with E-state index in [4.69, 9.17) is 0 Å². The third-order valence-corrected chi connectivity index (χ3v) is 5.48. The van der Waals surface area contributed by atoms with Gasteiger partial charge in [0.1, 0.15) is 0 Å². The highest BCUT2D eigenvalue weighted by Crippen LogP contribution is 2.11. The summed E-state index contributed by atoms with van der Waals surface area (Å²) in [4.78, 5) is 11.9. The van der Waals surface area contributed by atoms with Crippen molar-refractivity contribution in [1.82, 2.24) is 5.32 Å². The van der Waals surface area contributed by atoms with Crippen molar-refractivity contribution in [2.45, 2.75) is 17.7 Å². The summed E-state index contributed by atoms with van der Waals surface area (Å²) in [6.45, 7) is 0.529. The van der Waals surface area contributed by atoms with E-state index >= 15 is 0 Å². The van der Waals surface area contributed by atoms with Gasteiger partial charge in [-0.1, -0.05) is 18.2 Å². The largest absolute Gasteiger partial charge is 0.356 e. The molecular formula is C15H17NO3S2.